The Balaban J connectivity index is 1.43. The van der Waals surface area contributed by atoms with Crippen LogP contribution in [-0.2, 0) is 0 Å². The smallest absolute Gasteiger partial charge is 0.0391 e. The van der Waals surface area contributed by atoms with Gasteiger partial charge in [-0.3, -0.25) is 4.99 Å². The van der Waals surface area contributed by atoms with Crippen molar-refractivity contribution in [2.24, 2.45) is 57.8 Å². The van der Waals surface area contributed by atoms with Gasteiger partial charge in [0.25, 0.3) is 0 Å². The zero-order valence-electron chi connectivity index (χ0n) is 18.2. The first-order chi connectivity index (χ1) is 13.0. The van der Waals surface area contributed by atoms with E-state index in [-0.39, 0.29) is 0 Å². The minimum absolute atomic E-state index is 0.623. The molecule has 0 unspecified atom stereocenters. The van der Waals surface area contributed by atoms with Crippen molar-refractivity contribution in [3.8, 4) is 0 Å². The van der Waals surface area contributed by atoms with E-state index in [1.54, 1.807) is 38.2 Å². The molecule has 0 N–H and O–H groups in total. The van der Waals surface area contributed by atoms with Gasteiger partial charge >= 0.3 is 0 Å². The van der Waals surface area contributed by atoms with Gasteiger partial charge in [0.2, 0.25) is 0 Å². The van der Waals surface area contributed by atoms with Crippen molar-refractivity contribution in [2.45, 2.75) is 85.0 Å². The predicted octanol–water partition coefficient (Wildman–Crippen LogP) is 7.17. The lowest BCUT2D eigenvalue weighted by Crippen LogP contribution is -2.49. The Morgan fingerprint density at radius 2 is 1.85 bits per heavy atom. The van der Waals surface area contributed by atoms with Crippen LogP contribution in [0.3, 0.4) is 0 Å². The fraction of sp³-hybridized carbons (Fsp3) is 0.885. The Kier molecular flexibility index (Phi) is 5.87. The van der Waals surface area contributed by atoms with E-state index in [1.807, 2.05) is 6.21 Å². The molecule has 27 heavy (non-hydrogen) atoms. The average Bonchev–Trinajstić information content (AvgIpc) is 3.02. The normalized spacial score (nSPS) is 47.9. The molecule has 4 rings (SSSR count). The summed E-state index contributed by atoms with van der Waals surface area (Å²) in [5.74, 6) is 8.11. The summed E-state index contributed by atoms with van der Waals surface area (Å²) in [7, 11) is 0. The van der Waals surface area contributed by atoms with Crippen LogP contribution in [0.1, 0.15) is 85.0 Å². The number of nitrogens with zero attached hydrogens (tertiary/aromatic N) is 1. The van der Waals surface area contributed by atoms with Gasteiger partial charge in [-0.05, 0) is 111 Å². The Hall–Kier alpha value is -0.590. The maximum atomic E-state index is 4.50. The first kappa shape index (κ1) is 19.7. The highest BCUT2D eigenvalue weighted by Crippen LogP contribution is 2.65. The summed E-state index contributed by atoms with van der Waals surface area (Å²) in [5.41, 5.74) is 0.623. The second kappa shape index (κ2) is 8.03. The molecular weight excluding hydrogens is 326 g/mol. The molecule has 1 heteroatoms. The van der Waals surface area contributed by atoms with Crippen LogP contribution >= 0.6 is 0 Å². The first-order valence-electron chi connectivity index (χ1n) is 12.2. The molecule has 0 spiro atoms. The molecule has 1 nitrogen and oxygen atoms in total. The molecular formula is C26H43N. The third kappa shape index (κ3) is 3.58. The molecule has 4 saturated carbocycles. The van der Waals surface area contributed by atoms with Gasteiger partial charge in [-0.25, -0.2) is 0 Å². The Labute approximate surface area is 168 Å². The topological polar surface area (TPSA) is 12.4 Å². The number of allylic oxidation sites excluding steroid dienone is 1. The van der Waals surface area contributed by atoms with Crippen molar-refractivity contribution >= 4 is 6.21 Å². The fourth-order valence-corrected chi connectivity index (χ4v) is 8.69. The summed E-state index contributed by atoms with van der Waals surface area (Å²) in [6.45, 7) is 12.4. The average molecular weight is 370 g/mol. The van der Waals surface area contributed by atoms with Gasteiger partial charge in [0.1, 0.15) is 0 Å². The maximum Gasteiger partial charge on any atom is 0.0391 e. The minimum Gasteiger partial charge on any atom is -0.293 e. The van der Waals surface area contributed by atoms with Gasteiger partial charge in [-0.1, -0.05) is 39.8 Å². The van der Waals surface area contributed by atoms with Crippen molar-refractivity contribution in [3.63, 3.8) is 0 Å². The van der Waals surface area contributed by atoms with Crippen molar-refractivity contribution in [3.05, 3.63) is 12.7 Å². The van der Waals surface area contributed by atoms with E-state index < -0.39 is 0 Å². The lowest BCUT2D eigenvalue weighted by Gasteiger charge is -2.56. The molecule has 0 heterocycles. The highest BCUT2D eigenvalue weighted by atomic mass is 14.7. The molecule has 0 aromatic rings. The largest absolute Gasteiger partial charge is 0.293 e. The quantitative estimate of drug-likeness (QED) is 0.455. The Bertz CT molecular complexity index is 550. The summed E-state index contributed by atoms with van der Waals surface area (Å²) in [6, 6.07) is 0. The summed E-state index contributed by atoms with van der Waals surface area (Å²) in [6.07, 6.45) is 18.7. The molecule has 0 aromatic carbocycles. The third-order valence-corrected chi connectivity index (χ3v) is 9.90. The van der Waals surface area contributed by atoms with Crippen LogP contribution in [0.5, 0.6) is 0 Å². The Morgan fingerprint density at radius 1 is 1.04 bits per heavy atom. The molecule has 9 atom stereocenters. The molecule has 0 aromatic heterocycles. The van der Waals surface area contributed by atoms with Gasteiger partial charge < -0.3 is 0 Å². The monoisotopic (exact) mass is 369 g/mol. The standard InChI is InChI=1S/C26H43N/c1-5-15-27-16-13-19(3)24-10-11-25-23-9-7-20-17-18(2)6-8-21(20)22(23)12-14-26(24,25)4/h5,15,18-25H,1,6-14,16-17H2,2-4H3/t18-,19-,20+,21-,22+,23+,24+,25-,26+/m0/s1. The second-order valence-electron chi connectivity index (χ2n) is 11.1. The van der Waals surface area contributed by atoms with E-state index in [9.17, 15) is 0 Å². The fourth-order valence-electron chi connectivity index (χ4n) is 8.69. The Morgan fingerprint density at radius 3 is 2.67 bits per heavy atom. The summed E-state index contributed by atoms with van der Waals surface area (Å²) in [5, 5.41) is 0. The van der Waals surface area contributed by atoms with Gasteiger partial charge in [0.05, 0.1) is 0 Å². The predicted molar refractivity (Wildman–Crippen MR) is 117 cm³/mol. The summed E-state index contributed by atoms with van der Waals surface area (Å²) in [4.78, 5) is 4.50. The zero-order chi connectivity index (χ0) is 19.0. The number of rotatable bonds is 5. The van der Waals surface area contributed by atoms with Crippen molar-refractivity contribution < 1.29 is 0 Å². The zero-order valence-corrected chi connectivity index (χ0v) is 18.2. The highest BCUT2D eigenvalue weighted by Gasteiger charge is 2.57. The number of hydrogen-bond donors (Lipinski definition) is 0. The van der Waals surface area contributed by atoms with Crippen LogP contribution in [0.2, 0.25) is 0 Å². The van der Waals surface area contributed by atoms with Crippen LogP contribution in [0, 0.1) is 52.8 Å². The third-order valence-electron chi connectivity index (χ3n) is 9.90. The van der Waals surface area contributed by atoms with E-state index >= 15 is 0 Å². The molecule has 0 saturated heterocycles. The molecule has 0 amide bonds. The second-order valence-corrected chi connectivity index (χ2v) is 11.1. The highest BCUT2D eigenvalue weighted by molar-refractivity contribution is 5.69. The lowest BCUT2D eigenvalue weighted by atomic mass is 9.49. The van der Waals surface area contributed by atoms with E-state index in [1.165, 1.54) is 32.1 Å². The minimum atomic E-state index is 0.623. The molecule has 0 bridgehead atoms. The van der Waals surface area contributed by atoms with Crippen molar-refractivity contribution in [2.75, 3.05) is 6.54 Å². The molecule has 152 valence electrons. The van der Waals surface area contributed by atoms with Gasteiger partial charge in [-0.15, -0.1) is 0 Å². The molecule has 4 aliphatic carbocycles. The van der Waals surface area contributed by atoms with E-state index in [2.05, 4.69) is 32.3 Å². The molecule has 4 fully saturated rings. The molecule has 0 radical (unpaired) electrons. The number of aliphatic imine (C=N–C) groups is 1. The maximum absolute atomic E-state index is 4.50. The van der Waals surface area contributed by atoms with Crippen LogP contribution in [0.25, 0.3) is 0 Å². The van der Waals surface area contributed by atoms with Gasteiger partial charge in [-0.2, -0.15) is 0 Å². The number of fused-ring (bicyclic) bond motifs is 5. The number of hydrogen-bond acceptors (Lipinski definition) is 1. The summed E-state index contributed by atoms with van der Waals surface area (Å²) < 4.78 is 0. The van der Waals surface area contributed by atoms with Crippen molar-refractivity contribution in [1.82, 2.24) is 0 Å². The van der Waals surface area contributed by atoms with Crippen LogP contribution < -0.4 is 0 Å². The van der Waals surface area contributed by atoms with Crippen molar-refractivity contribution in [1.29, 1.82) is 0 Å². The van der Waals surface area contributed by atoms with E-state index in [0.29, 0.717) is 5.41 Å². The van der Waals surface area contributed by atoms with Crippen LogP contribution in [-0.4, -0.2) is 12.8 Å². The van der Waals surface area contributed by atoms with Crippen LogP contribution in [0.4, 0.5) is 0 Å². The molecule has 0 aliphatic heterocycles. The lowest BCUT2D eigenvalue weighted by molar-refractivity contribution is -0.0730. The first-order valence-corrected chi connectivity index (χ1v) is 12.2. The van der Waals surface area contributed by atoms with E-state index in [0.717, 1.165) is 53.9 Å². The van der Waals surface area contributed by atoms with E-state index in [4.69, 9.17) is 0 Å². The van der Waals surface area contributed by atoms with Gasteiger partial charge in [0.15, 0.2) is 0 Å². The van der Waals surface area contributed by atoms with Gasteiger partial charge in [0, 0.05) is 12.8 Å². The summed E-state index contributed by atoms with van der Waals surface area (Å²) >= 11 is 0. The van der Waals surface area contributed by atoms with Crippen LogP contribution in [0.15, 0.2) is 17.6 Å². The SMILES string of the molecule is C=CC=NCC[C@H](C)[C@H]1CC[C@H]2[C@@H]3CC[C@@H]4C[C@@H](C)CC[C@@H]4[C@H]3CC[C@]12C. The molecule has 4 aliphatic rings.